The molecular weight excluding hydrogens is 443 g/mol. The number of rotatable bonds is 6. The highest BCUT2D eigenvalue weighted by molar-refractivity contribution is 6.31. The Balaban J connectivity index is 1.65. The number of aromatic amines is 1. The summed E-state index contributed by atoms with van der Waals surface area (Å²) in [6.45, 7) is 0. The van der Waals surface area contributed by atoms with E-state index in [2.05, 4.69) is 25.5 Å². The molecule has 0 spiro atoms. The van der Waals surface area contributed by atoms with Crippen LogP contribution in [0.1, 0.15) is 37.5 Å². The maximum atomic E-state index is 14.5. The van der Waals surface area contributed by atoms with Gasteiger partial charge < -0.3 is 25.6 Å². The van der Waals surface area contributed by atoms with Crippen LogP contribution in [0, 0.1) is 17.5 Å². The number of anilines is 2. The summed E-state index contributed by atoms with van der Waals surface area (Å²) in [5, 5.41) is 16.6. The second-order valence-electron chi connectivity index (χ2n) is 8.31. The van der Waals surface area contributed by atoms with E-state index in [9.17, 15) is 18.3 Å². The molecule has 1 aliphatic carbocycles. The van der Waals surface area contributed by atoms with Crippen molar-refractivity contribution in [2.75, 3.05) is 24.7 Å². The van der Waals surface area contributed by atoms with Gasteiger partial charge in [-0.05, 0) is 51.2 Å². The summed E-state index contributed by atoms with van der Waals surface area (Å²) in [6.07, 6.45) is 2.73. The van der Waals surface area contributed by atoms with E-state index in [1.165, 1.54) is 12.1 Å². The van der Waals surface area contributed by atoms with Gasteiger partial charge in [0.25, 0.3) is 0 Å². The Kier molecular flexibility index (Phi) is 6.50. The van der Waals surface area contributed by atoms with Crippen LogP contribution >= 0.6 is 11.6 Å². The number of fused-ring (bicyclic) bond motifs is 1. The molecule has 3 atom stereocenters. The van der Waals surface area contributed by atoms with Gasteiger partial charge in [-0.3, -0.25) is 0 Å². The van der Waals surface area contributed by atoms with Gasteiger partial charge in [-0.2, -0.15) is 0 Å². The van der Waals surface area contributed by atoms with Crippen molar-refractivity contribution in [2.24, 2.45) is 0 Å². The number of aliphatic hydroxyl groups is 1. The van der Waals surface area contributed by atoms with E-state index in [-0.39, 0.29) is 33.7 Å². The third-order valence-electron chi connectivity index (χ3n) is 5.92. The minimum absolute atomic E-state index is 0.0384. The summed E-state index contributed by atoms with van der Waals surface area (Å²) in [7, 11) is 4.03. The average Bonchev–Trinajstić information content (AvgIpc) is 3.17. The molecule has 10 heteroatoms. The number of aliphatic hydroxyl groups excluding tert-OH is 1. The summed E-state index contributed by atoms with van der Waals surface area (Å²) in [5.74, 6) is -2.50. The lowest BCUT2D eigenvalue weighted by Gasteiger charge is -2.36. The molecule has 1 fully saturated rings. The molecule has 2 unspecified atom stereocenters. The highest BCUT2D eigenvalue weighted by Crippen LogP contribution is 2.31. The fourth-order valence-corrected chi connectivity index (χ4v) is 4.48. The van der Waals surface area contributed by atoms with Crippen LogP contribution in [0.4, 0.5) is 24.8 Å². The van der Waals surface area contributed by atoms with Crippen LogP contribution in [0.5, 0.6) is 0 Å². The molecule has 32 heavy (non-hydrogen) atoms. The first kappa shape index (κ1) is 22.7. The van der Waals surface area contributed by atoms with E-state index in [0.717, 1.165) is 37.8 Å². The number of nitrogens with zero attached hydrogens (tertiary/aromatic N) is 2. The number of halogens is 4. The minimum Gasteiger partial charge on any atom is -0.369 e. The number of nitrogens with one attached hydrogen (secondary N) is 3. The zero-order valence-electron chi connectivity index (χ0n) is 17.7. The Bertz CT molecular complexity index is 1120. The Labute approximate surface area is 188 Å². The lowest BCUT2D eigenvalue weighted by atomic mass is 9.90. The SMILES string of the molecule is CN(C)[C@@H]1CCCCC1Nc1nc2c(C(O)Nc3ccc(F)c(Cl)c3)cc(F)c(F)c2[nH]1. The van der Waals surface area contributed by atoms with E-state index >= 15 is 0 Å². The van der Waals surface area contributed by atoms with Gasteiger partial charge in [0.15, 0.2) is 17.9 Å². The first-order valence-electron chi connectivity index (χ1n) is 10.4. The number of likely N-dealkylation sites (N-methyl/N-ethyl adjacent to an activating group) is 1. The minimum atomic E-state index is -1.44. The van der Waals surface area contributed by atoms with Crippen molar-refractivity contribution in [1.82, 2.24) is 14.9 Å². The van der Waals surface area contributed by atoms with Crippen molar-refractivity contribution < 1.29 is 18.3 Å². The summed E-state index contributed by atoms with van der Waals surface area (Å²) in [4.78, 5) is 9.39. The van der Waals surface area contributed by atoms with E-state index in [1.807, 2.05) is 14.1 Å². The number of benzene rings is 2. The monoisotopic (exact) mass is 467 g/mol. The molecule has 4 rings (SSSR count). The van der Waals surface area contributed by atoms with Gasteiger partial charge in [0, 0.05) is 23.3 Å². The summed E-state index contributed by atoms with van der Waals surface area (Å²) >= 11 is 5.78. The molecule has 2 aromatic carbocycles. The average molecular weight is 468 g/mol. The first-order chi connectivity index (χ1) is 15.2. The van der Waals surface area contributed by atoms with Crippen LogP contribution < -0.4 is 10.6 Å². The molecule has 0 radical (unpaired) electrons. The molecule has 0 aliphatic heterocycles. The molecule has 4 N–H and O–H groups in total. The Morgan fingerprint density at radius 3 is 2.62 bits per heavy atom. The second-order valence-corrected chi connectivity index (χ2v) is 8.72. The molecule has 1 saturated carbocycles. The molecule has 1 aliphatic rings. The summed E-state index contributed by atoms with van der Waals surface area (Å²) in [6, 6.07) is 5.09. The van der Waals surface area contributed by atoms with Crippen molar-refractivity contribution >= 4 is 34.3 Å². The van der Waals surface area contributed by atoms with E-state index in [4.69, 9.17) is 11.6 Å². The lowest BCUT2D eigenvalue weighted by Crippen LogP contribution is -2.45. The van der Waals surface area contributed by atoms with E-state index < -0.39 is 23.7 Å². The quantitative estimate of drug-likeness (QED) is 0.383. The number of hydrogen-bond acceptors (Lipinski definition) is 5. The van der Waals surface area contributed by atoms with Crippen LogP contribution in [-0.4, -0.2) is 46.2 Å². The van der Waals surface area contributed by atoms with Gasteiger partial charge in [-0.25, -0.2) is 18.2 Å². The zero-order chi connectivity index (χ0) is 23.0. The molecule has 172 valence electrons. The molecule has 0 amide bonds. The molecular formula is C22H25ClF3N5O. The van der Waals surface area contributed by atoms with Gasteiger partial charge >= 0.3 is 0 Å². The number of aromatic nitrogens is 2. The maximum absolute atomic E-state index is 14.5. The van der Waals surface area contributed by atoms with Gasteiger partial charge in [-0.1, -0.05) is 24.4 Å². The molecule has 3 aromatic rings. The van der Waals surface area contributed by atoms with E-state index in [1.54, 1.807) is 0 Å². The largest absolute Gasteiger partial charge is 0.369 e. The third kappa shape index (κ3) is 4.51. The van der Waals surface area contributed by atoms with Gasteiger partial charge in [0.05, 0.1) is 5.02 Å². The smallest absolute Gasteiger partial charge is 0.201 e. The Hall–Kier alpha value is -2.49. The molecule has 1 heterocycles. The van der Waals surface area contributed by atoms with Gasteiger partial charge in [-0.15, -0.1) is 0 Å². The number of imidazole rings is 1. The van der Waals surface area contributed by atoms with Crippen LogP contribution in [0.3, 0.4) is 0 Å². The predicted octanol–water partition coefficient (Wildman–Crippen LogP) is 5.02. The molecule has 0 bridgehead atoms. The molecule has 0 saturated heterocycles. The second kappa shape index (κ2) is 9.17. The highest BCUT2D eigenvalue weighted by Gasteiger charge is 2.28. The van der Waals surface area contributed by atoms with Crippen LogP contribution in [-0.2, 0) is 0 Å². The third-order valence-corrected chi connectivity index (χ3v) is 6.21. The fraction of sp³-hybridized carbons (Fsp3) is 0.409. The van der Waals surface area contributed by atoms with Crippen molar-refractivity contribution in [1.29, 1.82) is 0 Å². The van der Waals surface area contributed by atoms with E-state index in [0.29, 0.717) is 11.6 Å². The number of hydrogen-bond donors (Lipinski definition) is 4. The van der Waals surface area contributed by atoms with Crippen LogP contribution in [0.25, 0.3) is 11.0 Å². The standard InChI is InChI=1S/C22H25ClF3N5O/c1-31(2)17-6-4-3-5-16(17)28-22-29-19-12(10-15(25)18(26)20(19)30-22)21(32)27-11-7-8-14(24)13(23)9-11/h7-10,16-17,21,27,32H,3-6H2,1-2H3,(H2,28,29,30)/t16?,17-,21?/m1/s1. The Morgan fingerprint density at radius 1 is 1.16 bits per heavy atom. The topological polar surface area (TPSA) is 76.2 Å². The van der Waals surface area contributed by atoms with Gasteiger partial charge in [0.1, 0.15) is 16.9 Å². The highest BCUT2D eigenvalue weighted by atomic mass is 35.5. The van der Waals surface area contributed by atoms with Crippen molar-refractivity contribution in [3.8, 4) is 0 Å². The molecule has 6 nitrogen and oxygen atoms in total. The van der Waals surface area contributed by atoms with Crippen LogP contribution in [0.15, 0.2) is 24.3 Å². The fourth-order valence-electron chi connectivity index (χ4n) is 4.30. The summed E-state index contributed by atoms with van der Waals surface area (Å²) in [5.41, 5.74) is 0.303. The zero-order valence-corrected chi connectivity index (χ0v) is 18.5. The lowest BCUT2D eigenvalue weighted by molar-refractivity contribution is 0.209. The van der Waals surface area contributed by atoms with Crippen molar-refractivity contribution in [3.63, 3.8) is 0 Å². The van der Waals surface area contributed by atoms with Crippen molar-refractivity contribution in [3.05, 3.63) is 52.3 Å². The van der Waals surface area contributed by atoms with Crippen molar-refractivity contribution in [2.45, 2.75) is 44.0 Å². The predicted molar refractivity (Wildman–Crippen MR) is 119 cm³/mol. The normalized spacial score (nSPS) is 20.0. The first-order valence-corrected chi connectivity index (χ1v) is 10.8. The maximum Gasteiger partial charge on any atom is 0.201 e. The Morgan fingerprint density at radius 2 is 1.91 bits per heavy atom. The van der Waals surface area contributed by atoms with Gasteiger partial charge in [0.2, 0.25) is 5.95 Å². The van der Waals surface area contributed by atoms with Crippen LogP contribution in [0.2, 0.25) is 5.02 Å². The number of H-pyrrole nitrogens is 1. The summed E-state index contributed by atoms with van der Waals surface area (Å²) < 4.78 is 42.2. The molecule has 1 aromatic heterocycles.